The molecule has 0 unspecified atom stereocenters. The first kappa shape index (κ1) is 18.3. The van der Waals surface area contributed by atoms with Crippen molar-refractivity contribution in [3.05, 3.63) is 0 Å². The molecule has 0 aromatic carbocycles. The molecule has 1 heterocycles. The van der Waals surface area contributed by atoms with E-state index in [9.17, 15) is 0 Å². The summed E-state index contributed by atoms with van der Waals surface area (Å²) in [5, 5.41) is 16.1. The highest BCUT2D eigenvalue weighted by Gasteiger charge is 2.06. The van der Waals surface area contributed by atoms with Crippen LogP contribution in [0.15, 0.2) is 5.16 Å². The van der Waals surface area contributed by atoms with Crippen LogP contribution in [-0.2, 0) is 16.0 Å². The summed E-state index contributed by atoms with van der Waals surface area (Å²) < 4.78 is 12.2. The van der Waals surface area contributed by atoms with Crippen LogP contribution < -0.4 is 5.32 Å². The molecule has 0 saturated heterocycles. The van der Waals surface area contributed by atoms with Crippen LogP contribution in [-0.4, -0.2) is 66.0 Å². The Morgan fingerprint density at radius 3 is 2.90 bits per heavy atom. The lowest BCUT2D eigenvalue weighted by atomic mass is 10.2. The Hall–Kier alpha value is -0.700. The Balaban J connectivity index is 2.10. The number of methoxy groups -OCH3 is 1. The number of nitrogens with one attached hydrogen (secondary N) is 1. The summed E-state index contributed by atoms with van der Waals surface area (Å²) >= 11 is 1.67. The molecule has 21 heavy (non-hydrogen) atoms. The van der Waals surface area contributed by atoms with Gasteiger partial charge in [-0.15, -0.1) is 5.10 Å². The second kappa shape index (κ2) is 11.9. The molecule has 1 N–H and O–H groups in total. The van der Waals surface area contributed by atoms with E-state index in [0.717, 1.165) is 43.6 Å². The van der Waals surface area contributed by atoms with Crippen molar-refractivity contribution in [2.45, 2.75) is 32.0 Å². The maximum absolute atomic E-state index is 5.42. The fourth-order valence-corrected chi connectivity index (χ4v) is 2.40. The van der Waals surface area contributed by atoms with Gasteiger partial charge in [0.15, 0.2) is 0 Å². The number of rotatable bonds is 13. The molecule has 0 fully saturated rings. The zero-order valence-electron chi connectivity index (χ0n) is 13.2. The van der Waals surface area contributed by atoms with Crippen LogP contribution in [0.25, 0.3) is 0 Å². The SMILES string of the molecule is COCCOCCCSc1nnnn1CCNCC(C)C. The monoisotopic (exact) mass is 317 g/mol. The van der Waals surface area contributed by atoms with Crippen LogP contribution in [0.1, 0.15) is 20.3 Å². The average molecular weight is 317 g/mol. The van der Waals surface area contributed by atoms with Gasteiger partial charge in [0, 0.05) is 26.0 Å². The average Bonchev–Trinajstić information content (AvgIpc) is 2.90. The second-order valence-electron chi connectivity index (χ2n) is 5.09. The summed E-state index contributed by atoms with van der Waals surface area (Å²) in [6.07, 6.45) is 0.979. The maximum Gasteiger partial charge on any atom is 0.209 e. The zero-order chi connectivity index (χ0) is 15.3. The van der Waals surface area contributed by atoms with Gasteiger partial charge in [0.25, 0.3) is 0 Å². The van der Waals surface area contributed by atoms with E-state index < -0.39 is 0 Å². The molecule has 0 aliphatic rings. The summed E-state index contributed by atoms with van der Waals surface area (Å²) in [6, 6.07) is 0. The summed E-state index contributed by atoms with van der Waals surface area (Å²) in [7, 11) is 1.68. The lowest BCUT2D eigenvalue weighted by molar-refractivity contribution is 0.0713. The highest BCUT2D eigenvalue weighted by atomic mass is 32.2. The normalized spacial score (nSPS) is 11.4. The number of thioether (sulfide) groups is 1. The third-order valence-electron chi connectivity index (χ3n) is 2.65. The Morgan fingerprint density at radius 1 is 1.29 bits per heavy atom. The van der Waals surface area contributed by atoms with E-state index in [1.165, 1.54) is 0 Å². The molecule has 0 aliphatic carbocycles. The van der Waals surface area contributed by atoms with E-state index in [-0.39, 0.29) is 0 Å². The highest BCUT2D eigenvalue weighted by Crippen LogP contribution is 2.14. The van der Waals surface area contributed by atoms with Crippen molar-refractivity contribution >= 4 is 11.8 Å². The van der Waals surface area contributed by atoms with Gasteiger partial charge in [-0.05, 0) is 29.3 Å². The molecule has 0 bridgehead atoms. The molecular formula is C13H27N5O2S. The smallest absolute Gasteiger partial charge is 0.209 e. The van der Waals surface area contributed by atoms with E-state index in [4.69, 9.17) is 9.47 Å². The molecule has 7 nitrogen and oxygen atoms in total. The molecule has 1 aromatic heterocycles. The summed E-state index contributed by atoms with van der Waals surface area (Å²) in [5.74, 6) is 1.61. The summed E-state index contributed by atoms with van der Waals surface area (Å²) in [5.41, 5.74) is 0. The van der Waals surface area contributed by atoms with E-state index in [0.29, 0.717) is 19.1 Å². The van der Waals surface area contributed by atoms with Crippen molar-refractivity contribution in [2.75, 3.05) is 45.8 Å². The van der Waals surface area contributed by atoms with Gasteiger partial charge in [-0.3, -0.25) is 0 Å². The summed E-state index contributed by atoms with van der Waals surface area (Å²) in [6.45, 7) is 9.13. The number of hydrogen-bond acceptors (Lipinski definition) is 7. The third-order valence-corrected chi connectivity index (χ3v) is 3.69. The van der Waals surface area contributed by atoms with Crippen LogP contribution in [0.2, 0.25) is 0 Å². The topological polar surface area (TPSA) is 74.1 Å². The van der Waals surface area contributed by atoms with E-state index in [2.05, 4.69) is 34.7 Å². The molecule has 8 heteroatoms. The van der Waals surface area contributed by atoms with Gasteiger partial charge in [0.1, 0.15) is 0 Å². The van der Waals surface area contributed by atoms with E-state index in [1.54, 1.807) is 18.9 Å². The second-order valence-corrected chi connectivity index (χ2v) is 6.15. The van der Waals surface area contributed by atoms with Crippen LogP contribution in [0, 0.1) is 5.92 Å². The standard InChI is InChI=1S/C13H27N5O2S/c1-12(2)11-14-5-6-18-13(15-16-17-18)21-10-4-7-20-9-8-19-3/h12,14H,4-11H2,1-3H3. The van der Waals surface area contributed by atoms with E-state index >= 15 is 0 Å². The first-order valence-corrected chi connectivity index (χ1v) is 8.39. The molecule has 1 rings (SSSR count). The largest absolute Gasteiger partial charge is 0.382 e. The first-order valence-electron chi connectivity index (χ1n) is 7.40. The molecule has 0 atom stereocenters. The Kier molecular flexibility index (Phi) is 10.4. The Morgan fingerprint density at radius 2 is 2.14 bits per heavy atom. The predicted molar refractivity (Wildman–Crippen MR) is 83.6 cm³/mol. The molecule has 1 aromatic rings. The fraction of sp³-hybridized carbons (Fsp3) is 0.923. The maximum atomic E-state index is 5.42. The van der Waals surface area contributed by atoms with Crippen LogP contribution in [0.3, 0.4) is 0 Å². The van der Waals surface area contributed by atoms with Crippen LogP contribution >= 0.6 is 11.8 Å². The van der Waals surface area contributed by atoms with Crippen LogP contribution in [0.4, 0.5) is 0 Å². The number of aromatic nitrogens is 4. The minimum absolute atomic E-state index is 0.648. The van der Waals surface area contributed by atoms with Gasteiger partial charge in [-0.1, -0.05) is 25.6 Å². The minimum atomic E-state index is 0.648. The van der Waals surface area contributed by atoms with Gasteiger partial charge in [-0.25, -0.2) is 4.68 Å². The number of nitrogens with zero attached hydrogens (tertiary/aromatic N) is 4. The molecule has 122 valence electrons. The van der Waals surface area contributed by atoms with Crippen molar-refractivity contribution < 1.29 is 9.47 Å². The van der Waals surface area contributed by atoms with Crippen molar-refractivity contribution in [2.24, 2.45) is 5.92 Å². The minimum Gasteiger partial charge on any atom is -0.382 e. The molecular weight excluding hydrogens is 290 g/mol. The van der Waals surface area contributed by atoms with E-state index in [1.807, 2.05) is 4.68 Å². The third kappa shape index (κ3) is 9.02. The highest BCUT2D eigenvalue weighted by molar-refractivity contribution is 7.99. The molecule has 0 aliphatic heterocycles. The molecule has 0 saturated carbocycles. The van der Waals surface area contributed by atoms with Gasteiger partial charge in [0.05, 0.1) is 19.8 Å². The lowest BCUT2D eigenvalue weighted by Crippen LogP contribution is -2.24. The van der Waals surface area contributed by atoms with Gasteiger partial charge < -0.3 is 14.8 Å². The molecule has 0 amide bonds. The number of tetrazole rings is 1. The van der Waals surface area contributed by atoms with Gasteiger partial charge in [0.2, 0.25) is 5.16 Å². The number of ether oxygens (including phenoxy) is 2. The van der Waals surface area contributed by atoms with Crippen molar-refractivity contribution in [1.82, 2.24) is 25.5 Å². The van der Waals surface area contributed by atoms with Crippen molar-refractivity contribution in [1.29, 1.82) is 0 Å². The summed E-state index contributed by atoms with van der Waals surface area (Å²) in [4.78, 5) is 0. The molecule has 0 spiro atoms. The fourth-order valence-electron chi connectivity index (χ4n) is 1.58. The Labute approximate surface area is 131 Å². The zero-order valence-corrected chi connectivity index (χ0v) is 14.1. The Bertz CT molecular complexity index is 362. The molecule has 0 radical (unpaired) electrons. The van der Waals surface area contributed by atoms with Gasteiger partial charge in [-0.2, -0.15) is 0 Å². The van der Waals surface area contributed by atoms with Crippen molar-refractivity contribution in [3.63, 3.8) is 0 Å². The number of hydrogen-bond donors (Lipinski definition) is 1. The quantitative estimate of drug-likeness (QED) is 0.431. The first-order chi connectivity index (χ1) is 10.2. The van der Waals surface area contributed by atoms with Crippen LogP contribution in [0.5, 0.6) is 0 Å². The van der Waals surface area contributed by atoms with Gasteiger partial charge >= 0.3 is 0 Å². The predicted octanol–water partition coefficient (Wildman–Crippen LogP) is 1.06. The lowest BCUT2D eigenvalue weighted by Gasteiger charge is -2.08. The van der Waals surface area contributed by atoms with Crippen molar-refractivity contribution in [3.8, 4) is 0 Å².